The predicted molar refractivity (Wildman–Crippen MR) is 99.0 cm³/mol. The number of aromatic amines is 1. The molecule has 2 unspecified atom stereocenters. The van der Waals surface area contributed by atoms with Crippen molar-refractivity contribution in [3.8, 4) is 0 Å². The molecule has 4 rings (SSSR count). The van der Waals surface area contributed by atoms with Crippen LogP contribution in [0.4, 0.5) is 0 Å². The van der Waals surface area contributed by atoms with Crippen LogP contribution in [0.25, 0.3) is 0 Å². The minimum Gasteiger partial charge on any atom is -0.461 e. The molecule has 1 saturated heterocycles. The zero-order chi connectivity index (χ0) is 19.7. The number of carbonyl (C=O) groups is 3. The SMILES string of the molecule is Cc1ccc(C2C(C(=O)c3ccco3)C(=O)C(=O)N2Cc2ccc[nH+]c2)cc1. The van der Waals surface area contributed by atoms with Gasteiger partial charge < -0.3 is 9.32 Å². The molecule has 1 N–H and O–H groups in total. The molecule has 140 valence electrons. The largest absolute Gasteiger partial charge is 0.461 e. The molecule has 3 aromatic rings. The van der Waals surface area contributed by atoms with Gasteiger partial charge in [-0.3, -0.25) is 14.4 Å². The molecule has 2 aromatic heterocycles. The molecule has 6 heteroatoms. The van der Waals surface area contributed by atoms with E-state index >= 15 is 0 Å². The lowest BCUT2D eigenvalue weighted by molar-refractivity contribution is -0.378. The third-order valence-electron chi connectivity index (χ3n) is 5.00. The summed E-state index contributed by atoms with van der Waals surface area (Å²) in [6.45, 7) is 2.18. The first-order chi connectivity index (χ1) is 13.6. The number of carbonyl (C=O) groups excluding carboxylic acids is 3. The second kappa shape index (κ2) is 7.23. The molecule has 0 radical (unpaired) electrons. The van der Waals surface area contributed by atoms with Gasteiger partial charge in [0.05, 0.1) is 18.8 Å². The van der Waals surface area contributed by atoms with Crippen molar-refractivity contribution in [3.63, 3.8) is 0 Å². The Morgan fingerprint density at radius 3 is 2.54 bits per heavy atom. The lowest BCUT2D eigenvalue weighted by atomic mass is 9.88. The Kier molecular flexibility index (Phi) is 4.61. The predicted octanol–water partition coefficient (Wildman–Crippen LogP) is 2.55. The van der Waals surface area contributed by atoms with Crippen LogP contribution >= 0.6 is 0 Å². The average Bonchev–Trinajstić information content (AvgIpc) is 3.33. The molecular formula is C22H19N2O4+. The number of nitrogens with zero attached hydrogens (tertiary/aromatic N) is 1. The number of Topliss-reactive ketones (excluding diaryl/α,β-unsaturated/α-hetero) is 2. The number of aromatic nitrogens is 1. The Bertz CT molecular complexity index is 1010. The van der Waals surface area contributed by atoms with E-state index in [1.165, 1.54) is 17.2 Å². The minimum atomic E-state index is -1.13. The van der Waals surface area contributed by atoms with Gasteiger partial charge in [0.25, 0.3) is 5.91 Å². The molecule has 0 spiro atoms. The Morgan fingerprint density at radius 2 is 1.89 bits per heavy atom. The second-order valence-corrected chi connectivity index (χ2v) is 6.88. The number of benzene rings is 1. The van der Waals surface area contributed by atoms with E-state index in [1.807, 2.05) is 43.3 Å². The smallest absolute Gasteiger partial charge is 0.291 e. The number of H-pyrrole nitrogens is 1. The number of aryl methyl sites for hydroxylation is 1. The summed E-state index contributed by atoms with van der Waals surface area (Å²) >= 11 is 0. The normalized spacial score (nSPS) is 19.2. The van der Waals surface area contributed by atoms with Gasteiger partial charge in [-0.25, -0.2) is 4.98 Å². The first-order valence-electron chi connectivity index (χ1n) is 9.00. The highest BCUT2D eigenvalue weighted by Crippen LogP contribution is 2.39. The lowest BCUT2D eigenvalue weighted by Crippen LogP contribution is -2.30. The van der Waals surface area contributed by atoms with Crippen molar-refractivity contribution in [2.45, 2.75) is 19.5 Å². The molecule has 0 saturated carbocycles. The summed E-state index contributed by atoms with van der Waals surface area (Å²) < 4.78 is 5.21. The Labute approximate surface area is 161 Å². The van der Waals surface area contributed by atoms with Crippen molar-refractivity contribution in [2.75, 3.05) is 0 Å². The number of likely N-dealkylation sites (tertiary alicyclic amines) is 1. The summed E-state index contributed by atoms with van der Waals surface area (Å²) in [6.07, 6.45) is 4.92. The number of pyridine rings is 1. The van der Waals surface area contributed by atoms with Gasteiger partial charge in [-0.2, -0.15) is 0 Å². The molecule has 1 amide bonds. The van der Waals surface area contributed by atoms with Crippen LogP contribution in [0.2, 0.25) is 0 Å². The highest BCUT2D eigenvalue weighted by Gasteiger charge is 2.52. The lowest BCUT2D eigenvalue weighted by Gasteiger charge is -2.26. The fourth-order valence-electron chi connectivity index (χ4n) is 3.59. The maximum absolute atomic E-state index is 13.0. The number of hydrogen-bond donors (Lipinski definition) is 0. The van der Waals surface area contributed by atoms with Gasteiger partial charge in [-0.1, -0.05) is 29.8 Å². The van der Waals surface area contributed by atoms with Gasteiger partial charge in [0, 0.05) is 11.6 Å². The van der Waals surface area contributed by atoms with Crippen molar-refractivity contribution in [1.82, 2.24) is 4.90 Å². The molecule has 1 fully saturated rings. The molecule has 0 bridgehead atoms. The van der Waals surface area contributed by atoms with Crippen LogP contribution in [0.3, 0.4) is 0 Å². The van der Waals surface area contributed by atoms with Gasteiger partial charge >= 0.3 is 0 Å². The highest BCUT2D eigenvalue weighted by atomic mass is 16.3. The number of rotatable bonds is 5. The number of hydrogen-bond acceptors (Lipinski definition) is 4. The maximum Gasteiger partial charge on any atom is 0.291 e. The molecule has 1 aliphatic heterocycles. The summed E-state index contributed by atoms with van der Waals surface area (Å²) in [4.78, 5) is 43.1. The number of ketones is 2. The topological polar surface area (TPSA) is 81.7 Å². The van der Waals surface area contributed by atoms with Crippen molar-refractivity contribution in [1.29, 1.82) is 0 Å². The molecule has 6 nitrogen and oxygen atoms in total. The average molecular weight is 375 g/mol. The van der Waals surface area contributed by atoms with Crippen LogP contribution in [-0.2, 0) is 16.1 Å². The molecule has 0 aliphatic carbocycles. The number of amides is 1. The van der Waals surface area contributed by atoms with E-state index in [2.05, 4.69) is 4.98 Å². The van der Waals surface area contributed by atoms with Crippen LogP contribution in [0.5, 0.6) is 0 Å². The van der Waals surface area contributed by atoms with E-state index < -0.39 is 29.4 Å². The second-order valence-electron chi connectivity index (χ2n) is 6.88. The van der Waals surface area contributed by atoms with Gasteiger partial charge in [0.1, 0.15) is 5.92 Å². The summed E-state index contributed by atoms with van der Waals surface area (Å²) in [5.41, 5.74) is 2.64. The highest BCUT2D eigenvalue weighted by molar-refractivity contribution is 6.43. The van der Waals surface area contributed by atoms with Gasteiger partial charge in [-0.15, -0.1) is 0 Å². The molecule has 1 aromatic carbocycles. The standard InChI is InChI=1S/C22H18N2O4/c1-14-6-8-16(9-7-14)19-18(20(25)17-5-3-11-28-17)21(26)22(27)24(19)13-15-4-2-10-23-12-15/h2-12,18-19H,13H2,1H3/p+1. The van der Waals surface area contributed by atoms with Crippen LogP contribution in [0.1, 0.15) is 33.3 Å². The first kappa shape index (κ1) is 17.9. The van der Waals surface area contributed by atoms with Crippen molar-refractivity contribution in [3.05, 3.63) is 89.6 Å². The summed E-state index contributed by atoms with van der Waals surface area (Å²) in [6, 6.07) is 13.6. The fraction of sp³-hybridized carbons (Fsp3) is 0.182. The zero-order valence-electron chi connectivity index (χ0n) is 15.3. The van der Waals surface area contributed by atoms with Crippen LogP contribution in [-0.4, -0.2) is 22.4 Å². The third kappa shape index (κ3) is 3.13. The molecule has 3 heterocycles. The number of nitrogens with one attached hydrogen (secondary N) is 1. The molecular weight excluding hydrogens is 356 g/mol. The zero-order valence-corrected chi connectivity index (χ0v) is 15.3. The van der Waals surface area contributed by atoms with Crippen LogP contribution < -0.4 is 4.98 Å². The van der Waals surface area contributed by atoms with E-state index in [-0.39, 0.29) is 12.3 Å². The quantitative estimate of drug-likeness (QED) is 0.390. The molecule has 28 heavy (non-hydrogen) atoms. The molecule has 2 atom stereocenters. The van der Waals surface area contributed by atoms with Crippen LogP contribution in [0.15, 0.2) is 71.6 Å². The number of furan rings is 1. The van der Waals surface area contributed by atoms with E-state index in [0.29, 0.717) is 0 Å². The Hall–Kier alpha value is -3.54. The summed E-state index contributed by atoms with van der Waals surface area (Å²) in [5.74, 6) is -2.88. The van der Waals surface area contributed by atoms with Gasteiger partial charge in [0.15, 0.2) is 18.2 Å². The molecule has 1 aliphatic rings. The van der Waals surface area contributed by atoms with Crippen molar-refractivity contribution >= 4 is 17.5 Å². The Balaban J connectivity index is 1.78. The monoisotopic (exact) mass is 375 g/mol. The third-order valence-corrected chi connectivity index (χ3v) is 5.00. The van der Waals surface area contributed by atoms with E-state index in [9.17, 15) is 14.4 Å². The fourth-order valence-corrected chi connectivity index (χ4v) is 3.59. The Morgan fingerprint density at radius 1 is 1.11 bits per heavy atom. The van der Waals surface area contributed by atoms with Crippen molar-refractivity contribution < 1.29 is 23.8 Å². The van der Waals surface area contributed by atoms with Gasteiger partial charge in [0.2, 0.25) is 11.6 Å². The van der Waals surface area contributed by atoms with E-state index in [1.54, 1.807) is 18.5 Å². The minimum absolute atomic E-state index is 0.0816. The maximum atomic E-state index is 13.0. The first-order valence-corrected chi connectivity index (χ1v) is 9.00. The van der Waals surface area contributed by atoms with Gasteiger partial charge in [-0.05, 0) is 30.7 Å². The van der Waals surface area contributed by atoms with E-state index in [0.717, 1.165) is 16.7 Å². The van der Waals surface area contributed by atoms with Crippen LogP contribution in [0, 0.1) is 12.8 Å². The van der Waals surface area contributed by atoms with E-state index in [4.69, 9.17) is 4.42 Å². The van der Waals surface area contributed by atoms with Crippen molar-refractivity contribution in [2.24, 2.45) is 5.92 Å². The summed E-state index contributed by atoms with van der Waals surface area (Å²) in [7, 11) is 0. The summed E-state index contributed by atoms with van der Waals surface area (Å²) in [5, 5.41) is 0.